The number of fused-ring (bicyclic) bond motifs is 1. The first-order chi connectivity index (χ1) is 14.9. The number of thioether (sulfide) groups is 1. The molecule has 0 atom stereocenters. The number of alkyl halides is 3. The molecule has 0 amide bonds. The Hall–Kier alpha value is -3.08. The van der Waals surface area contributed by atoms with Gasteiger partial charge in [0.05, 0.1) is 6.20 Å². The molecule has 0 bridgehead atoms. The second-order valence-corrected chi connectivity index (χ2v) is 8.04. The lowest BCUT2D eigenvalue weighted by Crippen LogP contribution is -2.09. The van der Waals surface area contributed by atoms with E-state index >= 15 is 0 Å². The summed E-state index contributed by atoms with van der Waals surface area (Å²) in [6, 6.07) is 9.25. The zero-order valence-electron chi connectivity index (χ0n) is 16.5. The molecule has 1 saturated carbocycles. The number of nitrogens with zero attached hydrogens (tertiary/aromatic N) is 6. The SMILES string of the molecule is CSc1nc(NCc2ccc(-c3nc(C(F)(F)F)cn3C3CC3)cc2)n2nccc2n1. The monoisotopic (exact) mass is 445 g/mol. The maximum Gasteiger partial charge on any atom is 0.434 e. The van der Waals surface area contributed by atoms with E-state index in [9.17, 15) is 13.2 Å². The van der Waals surface area contributed by atoms with Crippen LogP contribution in [0.1, 0.15) is 30.1 Å². The van der Waals surface area contributed by atoms with Crippen molar-refractivity contribution in [2.24, 2.45) is 0 Å². The van der Waals surface area contributed by atoms with Crippen molar-refractivity contribution in [2.45, 2.75) is 36.8 Å². The Kier molecular flexibility index (Phi) is 4.84. The molecule has 3 aromatic heterocycles. The normalized spacial score (nSPS) is 14.3. The van der Waals surface area contributed by atoms with E-state index in [-0.39, 0.29) is 6.04 Å². The number of imidazole rings is 1. The van der Waals surface area contributed by atoms with Gasteiger partial charge in [-0.25, -0.2) is 9.97 Å². The van der Waals surface area contributed by atoms with Gasteiger partial charge in [0.15, 0.2) is 16.5 Å². The van der Waals surface area contributed by atoms with E-state index in [4.69, 9.17) is 0 Å². The molecule has 0 aliphatic heterocycles. The molecule has 0 radical (unpaired) electrons. The molecule has 0 spiro atoms. The average molecular weight is 445 g/mol. The van der Waals surface area contributed by atoms with E-state index < -0.39 is 11.9 Å². The topological polar surface area (TPSA) is 72.9 Å². The second-order valence-electron chi connectivity index (χ2n) is 7.27. The third-order valence-corrected chi connectivity index (χ3v) is 5.59. The molecule has 160 valence electrons. The summed E-state index contributed by atoms with van der Waals surface area (Å²) in [5.74, 6) is 0.926. The predicted octanol–water partition coefficient (Wildman–Crippen LogP) is 4.68. The average Bonchev–Trinajstić information content (AvgIpc) is 3.31. The summed E-state index contributed by atoms with van der Waals surface area (Å²) in [4.78, 5) is 12.7. The number of hydrogen-bond acceptors (Lipinski definition) is 6. The Bertz CT molecular complexity index is 1230. The Morgan fingerprint density at radius 3 is 2.55 bits per heavy atom. The van der Waals surface area contributed by atoms with Gasteiger partial charge in [-0.05, 0) is 24.7 Å². The molecule has 1 aliphatic rings. The minimum Gasteiger partial charge on any atom is -0.350 e. The van der Waals surface area contributed by atoms with Gasteiger partial charge < -0.3 is 9.88 Å². The van der Waals surface area contributed by atoms with Crippen molar-refractivity contribution in [2.75, 3.05) is 11.6 Å². The largest absolute Gasteiger partial charge is 0.434 e. The van der Waals surface area contributed by atoms with Crippen LogP contribution in [0.3, 0.4) is 0 Å². The first-order valence-corrected chi connectivity index (χ1v) is 10.9. The number of rotatable bonds is 6. The minimum absolute atomic E-state index is 0.0971. The standard InChI is InChI=1S/C20H18F3N7S/c1-31-19-27-16-8-9-25-30(16)18(28-19)24-10-12-2-4-13(5-3-12)17-26-15(20(21,22)23)11-29(17)14-6-7-14/h2-5,8-9,11,14H,6-7,10H2,1H3,(H,24,27,28). The molecule has 1 aliphatic carbocycles. The van der Waals surface area contributed by atoms with Crippen molar-refractivity contribution in [1.29, 1.82) is 0 Å². The van der Waals surface area contributed by atoms with Gasteiger partial charge in [0.25, 0.3) is 0 Å². The van der Waals surface area contributed by atoms with E-state index in [1.165, 1.54) is 11.8 Å². The van der Waals surface area contributed by atoms with Gasteiger partial charge in [0.1, 0.15) is 5.82 Å². The maximum atomic E-state index is 13.1. The first-order valence-electron chi connectivity index (χ1n) is 9.67. The lowest BCUT2D eigenvalue weighted by atomic mass is 10.1. The number of halogens is 3. The number of anilines is 1. The predicted molar refractivity (Wildman–Crippen MR) is 111 cm³/mol. The fourth-order valence-corrected chi connectivity index (χ4v) is 3.70. The fraction of sp³-hybridized carbons (Fsp3) is 0.300. The fourth-order valence-electron chi connectivity index (χ4n) is 3.34. The number of aromatic nitrogens is 6. The highest BCUT2D eigenvalue weighted by Crippen LogP contribution is 2.40. The number of benzene rings is 1. The van der Waals surface area contributed by atoms with Crippen molar-refractivity contribution < 1.29 is 13.2 Å². The first kappa shape index (κ1) is 19.9. The van der Waals surface area contributed by atoms with E-state index in [0.29, 0.717) is 34.7 Å². The molecule has 1 fully saturated rings. The van der Waals surface area contributed by atoms with Crippen LogP contribution < -0.4 is 5.32 Å². The molecule has 1 aromatic carbocycles. The third-order valence-electron chi connectivity index (χ3n) is 5.04. The molecule has 5 rings (SSSR count). The van der Waals surface area contributed by atoms with Gasteiger partial charge in [-0.15, -0.1) is 0 Å². The van der Waals surface area contributed by atoms with Crippen LogP contribution in [-0.4, -0.2) is 35.4 Å². The van der Waals surface area contributed by atoms with Crippen LogP contribution in [0.15, 0.2) is 47.9 Å². The molecule has 7 nitrogen and oxygen atoms in total. The number of hydrogen-bond donors (Lipinski definition) is 1. The Balaban J connectivity index is 1.37. The molecule has 0 unspecified atom stereocenters. The second kappa shape index (κ2) is 7.56. The highest BCUT2D eigenvalue weighted by atomic mass is 32.2. The summed E-state index contributed by atoms with van der Waals surface area (Å²) in [7, 11) is 0. The molecule has 1 N–H and O–H groups in total. The molecular weight excluding hydrogens is 427 g/mol. The Labute approximate surface area is 179 Å². The molecule has 4 aromatic rings. The number of nitrogens with one attached hydrogen (secondary N) is 1. The summed E-state index contributed by atoms with van der Waals surface area (Å²) < 4.78 is 42.7. The van der Waals surface area contributed by atoms with Crippen molar-refractivity contribution in [1.82, 2.24) is 29.1 Å². The van der Waals surface area contributed by atoms with Crippen molar-refractivity contribution in [3.8, 4) is 11.4 Å². The zero-order valence-corrected chi connectivity index (χ0v) is 17.3. The summed E-state index contributed by atoms with van der Waals surface area (Å²) in [5, 5.41) is 8.12. The van der Waals surface area contributed by atoms with Gasteiger partial charge in [0, 0.05) is 30.4 Å². The lowest BCUT2D eigenvalue weighted by Gasteiger charge is -2.10. The zero-order chi connectivity index (χ0) is 21.6. The highest BCUT2D eigenvalue weighted by Gasteiger charge is 2.37. The van der Waals surface area contributed by atoms with E-state index in [2.05, 4.69) is 25.4 Å². The lowest BCUT2D eigenvalue weighted by molar-refractivity contribution is -0.140. The molecular formula is C20H18F3N7S. The van der Waals surface area contributed by atoms with Crippen LogP contribution in [0.25, 0.3) is 17.0 Å². The Morgan fingerprint density at radius 1 is 1.10 bits per heavy atom. The van der Waals surface area contributed by atoms with Gasteiger partial charge in [0.2, 0.25) is 5.95 Å². The van der Waals surface area contributed by atoms with Crippen molar-refractivity contribution in [3.63, 3.8) is 0 Å². The van der Waals surface area contributed by atoms with Gasteiger partial charge in [-0.1, -0.05) is 36.0 Å². The summed E-state index contributed by atoms with van der Waals surface area (Å²) >= 11 is 1.44. The maximum absolute atomic E-state index is 13.1. The minimum atomic E-state index is -4.45. The van der Waals surface area contributed by atoms with Crippen molar-refractivity contribution in [3.05, 3.63) is 54.0 Å². The quantitative estimate of drug-likeness (QED) is 0.435. The summed E-state index contributed by atoms with van der Waals surface area (Å²) in [5.41, 5.74) is 1.46. The van der Waals surface area contributed by atoms with Gasteiger partial charge in [-0.3, -0.25) is 0 Å². The van der Waals surface area contributed by atoms with Crippen LogP contribution in [-0.2, 0) is 12.7 Å². The highest BCUT2D eigenvalue weighted by molar-refractivity contribution is 7.98. The third kappa shape index (κ3) is 3.97. The van der Waals surface area contributed by atoms with Crippen LogP contribution in [0.5, 0.6) is 0 Å². The van der Waals surface area contributed by atoms with Gasteiger partial charge in [-0.2, -0.15) is 27.8 Å². The molecule has 11 heteroatoms. The van der Waals surface area contributed by atoms with Crippen LogP contribution in [0, 0.1) is 0 Å². The molecule has 31 heavy (non-hydrogen) atoms. The van der Waals surface area contributed by atoms with E-state index in [0.717, 1.165) is 24.6 Å². The van der Waals surface area contributed by atoms with E-state index in [1.807, 2.05) is 18.4 Å². The summed E-state index contributed by atoms with van der Waals surface area (Å²) in [6.07, 6.45) is 1.98. The van der Waals surface area contributed by atoms with Crippen LogP contribution in [0.2, 0.25) is 0 Å². The smallest absolute Gasteiger partial charge is 0.350 e. The molecule has 0 saturated heterocycles. The molecule has 3 heterocycles. The van der Waals surface area contributed by atoms with Crippen LogP contribution in [0.4, 0.5) is 19.1 Å². The van der Waals surface area contributed by atoms with Crippen LogP contribution >= 0.6 is 11.8 Å². The van der Waals surface area contributed by atoms with Crippen molar-refractivity contribution >= 4 is 23.4 Å². The van der Waals surface area contributed by atoms with Gasteiger partial charge >= 0.3 is 6.18 Å². The van der Waals surface area contributed by atoms with E-state index in [1.54, 1.807) is 33.5 Å². The Morgan fingerprint density at radius 2 is 1.87 bits per heavy atom. The summed E-state index contributed by atoms with van der Waals surface area (Å²) in [6.45, 7) is 0.477.